The molecule has 1 heterocycles. The third-order valence-corrected chi connectivity index (χ3v) is 4.94. The average molecular weight is 310 g/mol. The van der Waals surface area contributed by atoms with Crippen LogP contribution in [0.4, 0.5) is 4.39 Å². The molecule has 1 aromatic heterocycles. The van der Waals surface area contributed by atoms with Crippen molar-refractivity contribution in [3.63, 3.8) is 0 Å². The van der Waals surface area contributed by atoms with E-state index in [1.54, 1.807) is 6.07 Å². The second kappa shape index (κ2) is 4.37. The molecule has 1 aliphatic carbocycles. The van der Waals surface area contributed by atoms with Gasteiger partial charge >= 0.3 is 0 Å². The Labute approximate surface area is 115 Å². The number of aromatic amines is 1. The van der Waals surface area contributed by atoms with Crippen molar-refractivity contribution in [1.29, 1.82) is 0 Å². The molecule has 0 spiro atoms. The molecule has 96 valence electrons. The fourth-order valence-corrected chi connectivity index (χ4v) is 3.80. The number of halogens is 2. The number of nitrogens with one attached hydrogen (secondary N) is 1. The van der Waals surface area contributed by atoms with Crippen LogP contribution in [-0.2, 0) is 5.41 Å². The van der Waals surface area contributed by atoms with Crippen LogP contribution in [0.2, 0.25) is 0 Å². The number of benzene rings is 1. The standard InChI is InChI=1S/C15H17BrFN/c1-15(5-3-2-4-6-15)12-9-18-14-11(12)7-10(17)8-13(14)16/h7-9,18H,2-6H2,1H3. The molecule has 18 heavy (non-hydrogen) atoms. The molecule has 1 nitrogen and oxygen atoms in total. The molecule has 1 saturated carbocycles. The summed E-state index contributed by atoms with van der Waals surface area (Å²) in [6.07, 6.45) is 8.36. The quantitative estimate of drug-likeness (QED) is 0.736. The fourth-order valence-electron chi connectivity index (χ4n) is 3.26. The Kier molecular flexibility index (Phi) is 2.97. The van der Waals surface area contributed by atoms with Gasteiger partial charge in [0, 0.05) is 16.1 Å². The van der Waals surface area contributed by atoms with Crippen LogP contribution in [-0.4, -0.2) is 4.98 Å². The molecular weight excluding hydrogens is 293 g/mol. The number of rotatable bonds is 1. The van der Waals surface area contributed by atoms with Crippen molar-refractivity contribution in [2.45, 2.75) is 44.4 Å². The van der Waals surface area contributed by atoms with Crippen molar-refractivity contribution in [3.05, 3.63) is 34.2 Å². The Hall–Kier alpha value is -0.830. The van der Waals surface area contributed by atoms with Crippen LogP contribution >= 0.6 is 15.9 Å². The zero-order chi connectivity index (χ0) is 12.8. The van der Waals surface area contributed by atoms with Gasteiger partial charge in [-0.15, -0.1) is 0 Å². The van der Waals surface area contributed by atoms with Crippen LogP contribution in [0.25, 0.3) is 10.9 Å². The third kappa shape index (κ3) is 1.89. The minimum atomic E-state index is -0.172. The molecule has 1 N–H and O–H groups in total. The Morgan fingerprint density at radius 3 is 2.67 bits per heavy atom. The van der Waals surface area contributed by atoms with Crippen LogP contribution < -0.4 is 0 Å². The summed E-state index contributed by atoms with van der Waals surface area (Å²) in [5.41, 5.74) is 2.49. The number of hydrogen-bond acceptors (Lipinski definition) is 0. The molecule has 0 bridgehead atoms. The van der Waals surface area contributed by atoms with E-state index in [2.05, 4.69) is 34.0 Å². The van der Waals surface area contributed by atoms with Gasteiger partial charge in [-0.25, -0.2) is 4.39 Å². The second-order valence-corrected chi connectivity index (χ2v) is 6.49. The number of aromatic nitrogens is 1. The van der Waals surface area contributed by atoms with E-state index >= 15 is 0 Å². The largest absolute Gasteiger partial charge is 0.360 e. The van der Waals surface area contributed by atoms with E-state index in [-0.39, 0.29) is 11.2 Å². The molecule has 3 rings (SSSR count). The predicted octanol–water partition coefficient (Wildman–Crippen LogP) is 5.29. The maximum Gasteiger partial charge on any atom is 0.125 e. The Morgan fingerprint density at radius 2 is 1.94 bits per heavy atom. The first-order valence-electron chi connectivity index (χ1n) is 6.57. The highest BCUT2D eigenvalue weighted by molar-refractivity contribution is 9.10. The molecule has 0 saturated heterocycles. The number of H-pyrrole nitrogens is 1. The number of fused-ring (bicyclic) bond motifs is 1. The topological polar surface area (TPSA) is 15.8 Å². The highest BCUT2D eigenvalue weighted by Crippen LogP contribution is 2.43. The van der Waals surface area contributed by atoms with Gasteiger partial charge in [0.25, 0.3) is 0 Å². The molecular formula is C15H17BrFN. The minimum absolute atomic E-state index is 0.172. The summed E-state index contributed by atoms with van der Waals surface area (Å²) in [6, 6.07) is 3.18. The summed E-state index contributed by atoms with van der Waals surface area (Å²) in [4.78, 5) is 3.29. The van der Waals surface area contributed by atoms with Gasteiger partial charge in [0.15, 0.2) is 0 Å². The molecule has 1 aliphatic rings. The molecule has 1 aromatic carbocycles. The summed E-state index contributed by atoms with van der Waals surface area (Å²) in [6.45, 7) is 2.31. The van der Waals surface area contributed by atoms with E-state index in [4.69, 9.17) is 0 Å². The summed E-state index contributed by atoms with van der Waals surface area (Å²) in [7, 11) is 0. The van der Waals surface area contributed by atoms with Crippen molar-refractivity contribution < 1.29 is 4.39 Å². The van der Waals surface area contributed by atoms with E-state index in [1.165, 1.54) is 43.7 Å². The summed E-state index contributed by atoms with van der Waals surface area (Å²) in [5.74, 6) is -0.172. The van der Waals surface area contributed by atoms with Crippen molar-refractivity contribution in [1.82, 2.24) is 4.98 Å². The normalized spacial score (nSPS) is 19.3. The van der Waals surface area contributed by atoms with E-state index in [1.807, 2.05) is 0 Å². The van der Waals surface area contributed by atoms with Gasteiger partial charge in [-0.3, -0.25) is 0 Å². The van der Waals surface area contributed by atoms with Gasteiger partial charge in [0.05, 0.1) is 5.52 Å². The van der Waals surface area contributed by atoms with Crippen LogP contribution in [0.3, 0.4) is 0 Å². The maximum absolute atomic E-state index is 13.6. The van der Waals surface area contributed by atoms with Crippen molar-refractivity contribution >= 4 is 26.8 Å². The van der Waals surface area contributed by atoms with Crippen LogP contribution in [0.5, 0.6) is 0 Å². The first-order chi connectivity index (χ1) is 8.60. The highest BCUT2D eigenvalue weighted by atomic mass is 79.9. The van der Waals surface area contributed by atoms with Gasteiger partial charge in [-0.1, -0.05) is 26.2 Å². The Balaban J connectivity index is 2.17. The SMILES string of the molecule is CC1(c2c[nH]c3c(Br)cc(F)cc23)CCCCC1. The Bertz CT molecular complexity index is 581. The lowest BCUT2D eigenvalue weighted by atomic mass is 9.71. The summed E-state index contributed by atoms with van der Waals surface area (Å²) in [5, 5.41) is 1.03. The van der Waals surface area contributed by atoms with Crippen LogP contribution in [0, 0.1) is 5.82 Å². The van der Waals surface area contributed by atoms with Gasteiger partial charge in [0.2, 0.25) is 0 Å². The Morgan fingerprint density at radius 1 is 1.22 bits per heavy atom. The van der Waals surface area contributed by atoms with Crippen molar-refractivity contribution in [2.24, 2.45) is 0 Å². The average Bonchev–Trinajstić information content (AvgIpc) is 2.74. The zero-order valence-corrected chi connectivity index (χ0v) is 12.1. The van der Waals surface area contributed by atoms with Crippen LogP contribution in [0.15, 0.2) is 22.8 Å². The van der Waals surface area contributed by atoms with Gasteiger partial charge in [-0.05, 0) is 51.9 Å². The smallest absolute Gasteiger partial charge is 0.125 e. The molecule has 0 atom stereocenters. The molecule has 3 heteroatoms. The van der Waals surface area contributed by atoms with Crippen molar-refractivity contribution in [2.75, 3.05) is 0 Å². The minimum Gasteiger partial charge on any atom is -0.360 e. The van der Waals surface area contributed by atoms with E-state index < -0.39 is 0 Å². The zero-order valence-electron chi connectivity index (χ0n) is 10.5. The fraction of sp³-hybridized carbons (Fsp3) is 0.467. The van der Waals surface area contributed by atoms with Gasteiger partial charge < -0.3 is 4.98 Å². The van der Waals surface area contributed by atoms with E-state index in [9.17, 15) is 4.39 Å². The summed E-state index contributed by atoms with van der Waals surface area (Å²) >= 11 is 3.43. The lowest BCUT2D eigenvalue weighted by Crippen LogP contribution is -2.24. The third-order valence-electron chi connectivity index (χ3n) is 4.31. The van der Waals surface area contributed by atoms with Gasteiger partial charge in [-0.2, -0.15) is 0 Å². The highest BCUT2D eigenvalue weighted by Gasteiger charge is 2.31. The van der Waals surface area contributed by atoms with Gasteiger partial charge in [0.1, 0.15) is 5.82 Å². The predicted molar refractivity (Wildman–Crippen MR) is 76.4 cm³/mol. The molecule has 0 unspecified atom stereocenters. The van der Waals surface area contributed by atoms with Crippen molar-refractivity contribution in [3.8, 4) is 0 Å². The number of hydrogen-bond donors (Lipinski definition) is 1. The molecule has 1 fully saturated rings. The molecule has 2 aromatic rings. The first-order valence-corrected chi connectivity index (χ1v) is 7.36. The lowest BCUT2D eigenvalue weighted by molar-refractivity contribution is 0.322. The molecule has 0 radical (unpaired) electrons. The van der Waals surface area contributed by atoms with E-state index in [0.717, 1.165) is 15.4 Å². The summed E-state index contributed by atoms with van der Waals surface area (Å²) < 4.78 is 14.4. The van der Waals surface area contributed by atoms with E-state index in [0.29, 0.717) is 0 Å². The second-order valence-electron chi connectivity index (χ2n) is 5.63. The molecule has 0 amide bonds. The monoisotopic (exact) mass is 309 g/mol. The maximum atomic E-state index is 13.6. The molecule has 0 aliphatic heterocycles. The van der Waals surface area contributed by atoms with Crippen LogP contribution in [0.1, 0.15) is 44.6 Å². The lowest BCUT2D eigenvalue weighted by Gasteiger charge is -2.33. The first kappa shape index (κ1) is 12.2.